The zero-order valence-corrected chi connectivity index (χ0v) is 13.6. The molecule has 1 aliphatic heterocycles. The Labute approximate surface area is 132 Å². The highest BCUT2D eigenvalue weighted by Crippen LogP contribution is 2.20. The topological polar surface area (TPSA) is 54.2 Å². The van der Waals surface area contributed by atoms with Crippen molar-refractivity contribution in [1.29, 1.82) is 0 Å². The normalized spacial score (nSPS) is 19.8. The van der Waals surface area contributed by atoms with E-state index in [4.69, 9.17) is 4.52 Å². The number of rotatable bonds is 4. The summed E-state index contributed by atoms with van der Waals surface area (Å²) in [4.78, 5) is 6.82. The van der Waals surface area contributed by atoms with E-state index in [0.29, 0.717) is 5.89 Å². The minimum absolute atomic E-state index is 0.208. The summed E-state index contributed by atoms with van der Waals surface area (Å²) >= 11 is 3.56. The van der Waals surface area contributed by atoms with Gasteiger partial charge in [0, 0.05) is 30.5 Å². The Balaban J connectivity index is 1.64. The average Bonchev–Trinajstić information content (AvgIpc) is 2.96. The largest absolute Gasteiger partial charge is 0.339 e. The van der Waals surface area contributed by atoms with Crippen LogP contribution in [0, 0.1) is 0 Å². The number of likely N-dealkylation sites (N-methyl/N-ethyl adjacent to an activating group) is 1. The fraction of sp³-hybridized carbons (Fsp3) is 0.467. The van der Waals surface area contributed by atoms with Crippen LogP contribution < -0.4 is 5.32 Å². The van der Waals surface area contributed by atoms with Crippen LogP contribution in [0.5, 0.6) is 0 Å². The van der Waals surface area contributed by atoms with E-state index in [1.807, 2.05) is 12.1 Å². The Morgan fingerprint density at radius 2 is 2.24 bits per heavy atom. The van der Waals surface area contributed by atoms with Crippen molar-refractivity contribution in [2.45, 2.75) is 18.9 Å². The molecule has 6 heteroatoms. The maximum atomic E-state index is 5.40. The second kappa shape index (κ2) is 6.68. The highest BCUT2D eigenvalue weighted by atomic mass is 79.9. The molecular formula is C15H19BrN4O. The number of hydrogen-bond acceptors (Lipinski definition) is 5. The van der Waals surface area contributed by atoms with E-state index in [-0.39, 0.29) is 6.04 Å². The number of nitrogens with zero attached hydrogens (tertiary/aromatic N) is 3. The van der Waals surface area contributed by atoms with Gasteiger partial charge in [0.2, 0.25) is 5.89 Å². The van der Waals surface area contributed by atoms with E-state index in [1.165, 1.54) is 5.56 Å². The molecule has 1 aliphatic rings. The zero-order valence-electron chi connectivity index (χ0n) is 12.1. The molecule has 1 fully saturated rings. The molecule has 0 aliphatic carbocycles. The first-order chi connectivity index (χ1) is 10.2. The van der Waals surface area contributed by atoms with Crippen LogP contribution in [0.4, 0.5) is 0 Å². The van der Waals surface area contributed by atoms with E-state index in [1.54, 1.807) is 0 Å². The third kappa shape index (κ3) is 3.51. The van der Waals surface area contributed by atoms with E-state index in [0.717, 1.165) is 42.8 Å². The van der Waals surface area contributed by atoms with Crippen LogP contribution in [0.1, 0.15) is 23.3 Å². The molecular weight excluding hydrogens is 332 g/mol. The van der Waals surface area contributed by atoms with Crippen molar-refractivity contribution in [2.24, 2.45) is 0 Å². The molecule has 1 unspecified atom stereocenters. The molecule has 21 heavy (non-hydrogen) atoms. The summed E-state index contributed by atoms with van der Waals surface area (Å²) in [7, 11) is 2.10. The number of halogens is 1. The maximum Gasteiger partial charge on any atom is 0.227 e. The van der Waals surface area contributed by atoms with Gasteiger partial charge in [0.05, 0.1) is 6.04 Å². The molecule has 1 saturated heterocycles. The molecule has 2 heterocycles. The summed E-state index contributed by atoms with van der Waals surface area (Å²) < 4.78 is 6.52. The van der Waals surface area contributed by atoms with Gasteiger partial charge >= 0.3 is 0 Å². The van der Waals surface area contributed by atoms with Crippen molar-refractivity contribution in [3.05, 3.63) is 46.0 Å². The molecule has 1 atom stereocenters. The van der Waals surface area contributed by atoms with Crippen LogP contribution in [0.3, 0.4) is 0 Å². The van der Waals surface area contributed by atoms with Crippen LogP contribution >= 0.6 is 15.9 Å². The van der Waals surface area contributed by atoms with Crippen molar-refractivity contribution in [1.82, 2.24) is 20.4 Å². The monoisotopic (exact) mass is 350 g/mol. The lowest BCUT2D eigenvalue weighted by Gasteiger charge is -2.30. The average molecular weight is 351 g/mol. The Morgan fingerprint density at radius 3 is 3.05 bits per heavy atom. The molecule has 0 spiro atoms. The molecule has 0 bridgehead atoms. The van der Waals surface area contributed by atoms with E-state index in [2.05, 4.69) is 55.5 Å². The number of aryl methyl sites for hydroxylation is 2. The molecule has 5 nitrogen and oxygen atoms in total. The van der Waals surface area contributed by atoms with Crippen LogP contribution in [0.15, 0.2) is 33.3 Å². The Morgan fingerprint density at radius 1 is 1.38 bits per heavy atom. The van der Waals surface area contributed by atoms with Gasteiger partial charge in [-0.25, -0.2) is 0 Å². The SMILES string of the molecule is CN1CCNCC1c1noc(CCc2ccccc2Br)n1. The third-order valence-corrected chi connectivity index (χ3v) is 4.63. The number of hydrogen-bond donors (Lipinski definition) is 1. The van der Waals surface area contributed by atoms with Crippen molar-refractivity contribution in [3.8, 4) is 0 Å². The Hall–Kier alpha value is -1.24. The highest BCUT2D eigenvalue weighted by Gasteiger charge is 2.25. The fourth-order valence-electron chi connectivity index (χ4n) is 2.54. The standard InChI is InChI=1S/C15H19BrN4O/c1-20-9-8-17-10-13(20)15-18-14(21-19-15)7-6-11-4-2-3-5-12(11)16/h2-5,13,17H,6-10H2,1H3. The smallest absolute Gasteiger partial charge is 0.227 e. The summed E-state index contributed by atoms with van der Waals surface area (Å²) in [6.07, 6.45) is 1.65. The molecule has 0 saturated carbocycles. The first-order valence-electron chi connectivity index (χ1n) is 7.21. The molecule has 112 valence electrons. The summed E-state index contributed by atoms with van der Waals surface area (Å²) in [6, 6.07) is 8.43. The predicted molar refractivity (Wildman–Crippen MR) is 84.1 cm³/mol. The number of piperazine rings is 1. The lowest BCUT2D eigenvalue weighted by molar-refractivity contribution is 0.190. The molecule has 2 aromatic rings. The van der Waals surface area contributed by atoms with Crippen LogP contribution in [0.25, 0.3) is 0 Å². The molecule has 0 amide bonds. The van der Waals surface area contributed by atoms with Gasteiger partial charge in [-0.3, -0.25) is 4.90 Å². The molecule has 1 aromatic carbocycles. The third-order valence-electron chi connectivity index (χ3n) is 3.86. The van der Waals surface area contributed by atoms with Crippen LogP contribution in [-0.4, -0.2) is 41.7 Å². The lowest BCUT2D eigenvalue weighted by atomic mass is 10.1. The predicted octanol–water partition coefficient (Wildman–Crippen LogP) is 2.19. The van der Waals surface area contributed by atoms with Gasteiger partial charge < -0.3 is 9.84 Å². The summed E-state index contributed by atoms with van der Waals surface area (Å²) in [6.45, 7) is 2.89. The van der Waals surface area contributed by atoms with Crippen molar-refractivity contribution >= 4 is 15.9 Å². The van der Waals surface area contributed by atoms with Crippen LogP contribution in [-0.2, 0) is 12.8 Å². The van der Waals surface area contributed by atoms with Gasteiger partial charge in [-0.2, -0.15) is 4.98 Å². The van der Waals surface area contributed by atoms with Crippen molar-refractivity contribution in [3.63, 3.8) is 0 Å². The second-order valence-electron chi connectivity index (χ2n) is 5.34. The first kappa shape index (κ1) is 14.7. The Kier molecular flexibility index (Phi) is 4.67. The summed E-state index contributed by atoms with van der Waals surface area (Å²) in [5.74, 6) is 1.49. The van der Waals surface area contributed by atoms with Gasteiger partial charge in [0.25, 0.3) is 0 Å². The van der Waals surface area contributed by atoms with Gasteiger partial charge in [0.15, 0.2) is 5.82 Å². The minimum Gasteiger partial charge on any atom is -0.339 e. The summed E-state index contributed by atoms with van der Waals surface area (Å²) in [5, 5.41) is 7.51. The van der Waals surface area contributed by atoms with Crippen LogP contribution in [0.2, 0.25) is 0 Å². The van der Waals surface area contributed by atoms with Crippen molar-refractivity contribution in [2.75, 3.05) is 26.7 Å². The van der Waals surface area contributed by atoms with Gasteiger partial charge in [-0.15, -0.1) is 0 Å². The fourth-order valence-corrected chi connectivity index (χ4v) is 3.02. The number of aromatic nitrogens is 2. The van der Waals surface area contributed by atoms with E-state index in [9.17, 15) is 0 Å². The van der Waals surface area contributed by atoms with Crippen molar-refractivity contribution < 1.29 is 4.52 Å². The van der Waals surface area contributed by atoms with Gasteiger partial charge in [-0.05, 0) is 25.1 Å². The molecule has 1 aromatic heterocycles. The summed E-state index contributed by atoms with van der Waals surface area (Å²) in [5.41, 5.74) is 1.26. The first-order valence-corrected chi connectivity index (χ1v) is 8.00. The Bertz CT molecular complexity index is 601. The molecule has 1 N–H and O–H groups in total. The second-order valence-corrected chi connectivity index (χ2v) is 6.19. The highest BCUT2D eigenvalue weighted by molar-refractivity contribution is 9.10. The van der Waals surface area contributed by atoms with E-state index >= 15 is 0 Å². The number of nitrogens with one attached hydrogen (secondary N) is 1. The molecule has 0 radical (unpaired) electrons. The van der Waals surface area contributed by atoms with Gasteiger partial charge in [0.1, 0.15) is 0 Å². The minimum atomic E-state index is 0.208. The van der Waals surface area contributed by atoms with Gasteiger partial charge in [-0.1, -0.05) is 39.3 Å². The molecule has 3 rings (SSSR count). The van der Waals surface area contributed by atoms with E-state index < -0.39 is 0 Å². The number of benzene rings is 1. The lowest BCUT2D eigenvalue weighted by Crippen LogP contribution is -2.44. The maximum absolute atomic E-state index is 5.40. The quantitative estimate of drug-likeness (QED) is 0.915. The zero-order chi connectivity index (χ0) is 14.7.